The Bertz CT molecular complexity index is 1290. The van der Waals surface area contributed by atoms with Crippen LogP contribution in [0.25, 0.3) is 22.4 Å². The molecule has 4 rings (SSSR count). The van der Waals surface area contributed by atoms with Crippen LogP contribution in [-0.2, 0) is 0 Å². The van der Waals surface area contributed by atoms with E-state index in [1.807, 2.05) is 30.3 Å². The largest absolute Gasteiger partial charge is 0.360 e. The van der Waals surface area contributed by atoms with Gasteiger partial charge in [0.05, 0.1) is 9.95 Å². The number of aromatic nitrogens is 1. The zero-order valence-corrected chi connectivity index (χ0v) is 17.1. The van der Waals surface area contributed by atoms with E-state index in [-0.39, 0.29) is 28.4 Å². The Labute approximate surface area is 182 Å². The third-order valence-corrected chi connectivity index (χ3v) is 5.10. The van der Waals surface area contributed by atoms with Gasteiger partial charge in [0.2, 0.25) is 0 Å². The number of carbonyl (C=O) groups is 1. The lowest BCUT2D eigenvalue weighted by atomic mass is 10.0. The van der Waals surface area contributed by atoms with E-state index in [0.29, 0.717) is 16.1 Å². The van der Waals surface area contributed by atoms with Gasteiger partial charge in [-0.05, 0) is 30.2 Å². The van der Waals surface area contributed by atoms with Gasteiger partial charge in [-0.1, -0.05) is 71.4 Å². The molecule has 1 heterocycles. The third-order valence-electron chi connectivity index (χ3n) is 4.77. The van der Waals surface area contributed by atoms with Crippen molar-refractivity contribution in [2.75, 3.05) is 5.32 Å². The molecule has 4 aromatic rings. The van der Waals surface area contributed by atoms with E-state index >= 15 is 0 Å². The van der Waals surface area contributed by atoms with Gasteiger partial charge >= 0.3 is 0 Å². The Balaban J connectivity index is 1.71. The maximum atomic E-state index is 13.1. The molecule has 0 radical (unpaired) electrons. The number of nitrogens with one attached hydrogen (secondary N) is 1. The van der Waals surface area contributed by atoms with E-state index in [4.69, 9.17) is 16.1 Å². The van der Waals surface area contributed by atoms with Crippen LogP contribution < -0.4 is 5.32 Å². The molecule has 31 heavy (non-hydrogen) atoms. The summed E-state index contributed by atoms with van der Waals surface area (Å²) in [5, 5.41) is 18.7. The van der Waals surface area contributed by atoms with Crippen LogP contribution >= 0.6 is 11.6 Å². The summed E-state index contributed by atoms with van der Waals surface area (Å²) in [6.07, 6.45) is 0. The number of aryl methyl sites for hydroxylation is 1. The molecule has 0 saturated heterocycles. The monoisotopic (exact) mass is 433 g/mol. The Morgan fingerprint density at radius 2 is 1.74 bits per heavy atom. The maximum Gasteiger partial charge on any atom is 0.293 e. The van der Waals surface area contributed by atoms with E-state index < -0.39 is 10.8 Å². The van der Waals surface area contributed by atoms with E-state index in [0.717, 1.165) is 5.56 Å². The molecule has 0 aliphatic rings. The number of benzene rings is 3. The molecular weight excluding hydrogens is 418 g/mol. The van der Waals surface area contributed by atoms with Crippen LogP contribution in [0, 0.1) is 17.0 Å². The van der Waals surface area contributed by atoms with Crippen molar-refractivity contribution in [1.29, 1.82) is 0 Å². The van der Waals surface area contributed by atoms with Crippen LogP contribution in [0.3, 0.4) is 0 Å². The number of carbonyl (C=O) groups excluding carboxylic acids is 1. The van der Waals surface area contributed by atoms with Gasteiger partial charge in [0.25, 0.3) is 11.6 Å². The van der Waals surface area contributed by atoms with Gasteiger partial charge in [-0.15, -0.1) is 0 Å². The lowest BCUT2D eigenvalue weighted by Gasteiger charge is -2.09. The molecule has 1 N–H and O–H groups in total. The highest BCUT2D eigenvalue weighted by Gasteiger charge is 2.25. The Hall–Kier alpha value is -3.97. The molecule has 154 valence electrons. The zero-order valence-electron chi connectivity index (χ0n) is 16.3. The van der Waals surface area contributed by atoms with Gasteiger partial charge in [0, 0.05) is 11.6 Å². The second kappa shape index (κ2) is 8.41. The van der Waals surface area contributed by atoms with Crippen molar-refractivity contribution in [2.45, 2.75) is 6.92 Å². The van der Waals surface area contributed by atoms with Crippen LogP contribution in [-0.4, -0.2) is 16.0 Å². The van der Waals surface area contributed by atoms with E-state index in [1.165, 1.54) is 12.1 Å². The number of hydrogen-bond acceptors (Lipinski definition) is 5. The smallest absolute Gasteiger partial charge is 0.293 e. The van der Waals surface area contributed by atoms with E-state index in [9.17, 15) is 14.9 Å². The van der Waals surface area contributed by atoms with Crippen molar-refractivity contribution < 1.29 is 14.2 Å². The lowest BCUT2D eigenvalue weighted by molar-refractivity contribution is -0.383. The second-order valence-electron chi connectivity index (χ2n) is 6.75. The number of nitro benzene ring substituents is 1. The summed E-state index contributed by atoms with van der Waals surface area (Å²) in [5.41, 5.74) is 2.31. The SMILES string of the molecule is Cc1onc(-c2ccccc2Cl)c1C(=O)Nc1ccc(-c2ccccc2)cc1[N+](=O)[O-]. The van der Waals surface area contributed by atoms with E-state index in [1.54, 1.807) is 37.3 Å². The standard InChI is InChI=1S/C23H16ClN3O4/c1-14-21(22(26-31-14)17-9-5-6-10-18(17)24)23(28)25-19-12-11-16(13-20(19)27(29)30)15-7-3-2-4-8-15/h2-13H,1H3,(H,25,28). The van der Waals surface area contributed by atoms with Gasteiger partial charge in [-0.25, -0.2) is 0 Å². The van der Waals surface area contributed by atoms with Crippen molar-refractivity contribution >= 4 is 28.9 Å². The highest BCUT2D eigenvalue weighted by atomic mass is 35.5. The van der Waals surface area contributed by atoms with Crippen molar-refractivity contribution in [1.82, 2.24) is 5.16 Å². The maximum absolute atomic E-state index is 13.1. The molecule has 8 heteroatoms. The molecule has 0 fully saturated rings. The summed E-state index contributed by atoms with van der Waals surface area (Å²) >= 11 is 6.24. The van der Waals surface area contributed by atoms with Crippen LogP contribution in [0.15, 0.2) is 77.3 Å². The van der Waals surface area contributed by atoms with Crippen molar-refractivity contribution in [2.24, 2.45) is 0 Å². The number of anilines is 1. The van der Waals surface area contributed by atoms with E-state index in [2.05, 4.69) is 10.5 Å². The minimum absolute atomic E-state index is 0.0698. The lowest BCUT2D eigenvalue weighted by Crippen LogP contribution is -2.14. The molecule has 0 aliphatic heterocycles. The number of halogens is 1. The van der Waals surface area contributed by atoms with Crippen molar-refractivity contribution in [3.05, 3.63) is 99.3 Å². The summed E-state index contributed by atoms with van der Waals surface area (Å²) in [6.45, 7) is 1.59. The minimum atomic E-state index is -0.579. The van der Waals surface area contributed by atoms with Gasteiger partial charge in [0.15, 0.2) is 0 Å². The fraction of sp³-hybridized carbons (Fsp3) is 0.0435. The molecule has 7 nitrogen and oxygen atoms in total. The van der Waals surface area contributed by atoms with Crippen LogP contribution in [0.1, 0.15) is 16.1 Å². The minimum Gasteiger partial charge on any atom is -0.360 e. The average Bonchev–Trinajstić information content (AvgIpc) is 3.16. The average molecular weight is 434 g/mol. The second-order valence-corrected chi connectivity index (χ2v) is 7.16. The van der Waals surface area contributed by atoms with Crippen LogP contribution in [0.4, 0.5) is 11.4 Å². The van der Waals surface area contributed by atoms with Crippen LogP contribution in [0.5, 0.6) is 0 Å². The quantitative estimate of drug-likeness (QED) is 0.301. The number of amides is 1. The molecule has 1 amide bonds. The Morgan fingerprint density at radius 1 is 1.03 bits per heavy atom. The van der Waals surface area contributed by atoms with Gasteiger partial charge in [-0.2, -0.15) is 0 Å². The molecule has 1 aromatic heterocycles. The topological polar surface area (TPSA) is 98.3 Å². The Morgan fingerprint density at radius 3 is 2.45 bits per heavy atom. The first-order chi connectivity index (χ1) is 15.0. The predicted molar refractivity (Wildman–Crippen MR) is 118 cm³/mol. The fourth-order valence-electron chi connectivity index (χ4n) is 3.26. The van der Waals surface area contributed by atoms with Crippen LogP contribution in [0.2, 0.25) is 5.02 Å². The molecule has 0 atom stereocenters. The molecule has 3 aromatic carbocycles. The molecular formula is C23H16ClN3O4. The zero-order chi connectivity index (χ0) is 22.0. The number of hydrogen-bond donors (Lipinski definition) is 1. The summed E-state index contributed by atoms with van der Waals surface area (Å²) < 4.78 is 5.22. The summed E-state index contributed by atoms with van der Waals surface area (Å²) in [4.78, 5) is 24.2. The first kappa shape index (κ1) is 20.3. The highest BCUT2D eigenvalue weighted by Crippen LogP contribution is 2.34. The molecule has 0 bridgehead atoms. The van der Waals surface area contributed by atoms with Gasteiger partial charge in [0.1, 0.15) is 22.7 Å². The molecule has 0 unspecified atom stereocenters. The van der Waals surface area contributed by atoms with Gasteiger partial charge < -0.3 is 9.84 Å². The third kappa shape index (κ3) is 4.04. The summed E-state index contributed by atoms with van der Waals surface area (Å²) in [6, 6.07) is 20.8. The first-order valence-electron chi connectivity index (χ1n) is 9.32. The fourth-order valence-corrected chi connectivity index (χ4v) is 3.49. The number of nitrogens with zero attached hydrogens (tertiary/aromatic N) is 2. The molecule has 0 aliphatic carbocycles. The Kier molecular flexibility index (Phi) is 5.51. The number of rotatable bonds is 5. The predicted octanol–water partition coefficient (Wildman–Crippen LogP) is 6.13. The van der Waals surface area contributed by atoms with Crippen molar-refractivity contribution in [3.8, 4) is 22.4 Å². The molecule has 0 spiro atoms. The van der Waals surface area contributed by atoms with Crippen molar-refractivity contribution in [3.63, 3.8) is 0 Å². The number of nitro groups is 1. The molecule has 0 saturated carbocycles. The highest BCUT2D eigenvalue weighted by molar-refractivity contribution is 6.33. The van der Waals surface area contributed by atoms with Gasteiger partial charge in [-0.3, -0.25) is 14.9 Å². The normalized spacial score (nSPS) is 10.6. The summed E-state index contributed by atoms with van der Waals surface area (Å²) in [7, 11) is 0. The summed E-state index contributed by atoms with van der Waals surface area (Å²) in [5.74, 6) is -0.305. The first-order valence-corrected chi connectivity index (χ1v) is 9.70.